The minimum atomic E-state index is 0.0892. The van der Waals surface area contributed by atoms with Crippen molar-refractivity contribution in [3.63, 3.8) is 0 Å². The molecular weight excluding hydrogens is 293 g/mol. The summed E-state index contributed by atoms with van der Waals surface area (Å²) in [5.74, 6) is 0. The van der Waals surface area contributed by atoms with Gasteiger partial charge in [0.25, 0.3) is 0 Å². The van der Waals surface area contributed by atoms with Gasteiger partial charge in [0.2, 0.25) is 0 Å². The van der Waals surface area contributed by atoms with Gasteiger partial charge < -0.3 is 10.1 Å². The topological polar surface area (TPSA) is 21.3 Å². The molecule has 1 heterocycles. The minimum Gasteiger partial charge on any atom is -0.384 e. The fraction of sp³-hybridized carbons (Fsp3) is 0.625. The van der Waals surface area contributed by atoms with Gasteiger partial charge in [-0.15, -0.1) is 0 Å². The van der Waals surface area contributed by atoms with Crippen LogP contribution in [0.5, 0.6) is 0 Å². The van der Waals surface area contributed by atoms with Crippen LogP contribution >= 0.6 is 23.2 Å². The Bertz CT molecular complexity index is 521. The molecule has 1 aliphatic heterocycles. The lowest BCUT2D eigenvalue weighted by atomic mass is 9.58. The number of hydrogen-bond acceptors (Lipinski definition) is 2. The molecule has 2 fully saturated rings. The van der Waals surface area contributed by atoms with Gasteiger partial charge in [-0.25, -0.2) is 0 Å². The minimum absolute atomic E-state index is 0.0892. The summed E-state index contributed by atoms with van der Waals surface area (Å²) in [6.45, 7) is 4.08. The summed E-state index contributed by atoms with van der Waals surface area (Å²) < 4.78 is 5.54. The third-order valence-corrected chi connectivity index (χ3v) is 6.12. The van der Waals surface area contributed by atoms with E-state index in [1.54, 1.807) is 7.11 Å². The summed E-state index contributed by atoms with van der Waals surface area (Å²) in [4.78, 5) is 0. The highest BCUT2D eigenvalue weighted by Crippen LogP contribution is 2.56. The fourth-order valence-corrected chi connectivity index (χ4v) is 4.52. The van der Waals surface area contributed by atoms with Crippen LogP contribution in [-0.4, -0.2) is 26.3 Å². The quantitative estimate of drug-likeness (QED) is 0.909. The summed E-state index contributed by atoms with van der Waals surface area (Å²) in [5.41, 5.74) is 1.55. The first-order chi connectivity index (χ1) is 9.51. The van der Waals surface area contributed by atoms with Gasteiger partial charge in [0, 0.05) is 30.5 Å². The van der Waals surface area contributed by atoms with Crippen LogP contribution in [0.3, 0.4) is 0 Å². The van der Waals surface area contributed by atoms with Crippen molar-refractivity contribution in [2.24, 2.45) is 5.41 Å². The Morgan fingerprint density at radius 3 is 2.85 bits per heavy atom. The SMILES string of the molecule is COC[C@]1(C)CN[C@@H]2CC[C@]1(c1ccc(Cl)c(Cl)c1)C2. The molecule has 1 aromatic carbocycles. The maximum absolute atomic E-state index is 6.26. The van der Waals surface area contributed by atoms with E-state index in [0.29, 0.717) is 16.1 Å². The van der Waals surface area contributed by atoms with Gasteiger partial charge in [-0.1, -0.05) is 36.2 Å². The summed E-state index contributed by atoms with van der Waals surface area (Å²) in [6, 6.07) is 6.76. The van der Waals surface area contributed by atoms with Crippen molar-refractivity contribution < 1.29 is 4.74 Å². The van der Waals surface area contributed by atoms with Gasteiger partial charge in [-0.3, -0.25) is 0 Å². The lowest BCUT2D eigenvalue weighted by Gasteiger charge is -2.50. The Hall–Kier alpha value is -0.280. The summed E-state index contributed by atoms with van der Waals surface area (Å²) in [6.07, 6.45) is 3.56. The third kappa shape index (κ3) is 2.09. The van der Waals surface area contributed by atoms with Crippen LogP contribution in [-0.2, 0) is 10.2 Å². The Morgan fingerprint density at radius 2 is 2.15 bits per heavy atom. The Morgan fingerprint density at radius 1 is 1.35 bits per heavy atom. The van der Waals surface area contributed by atoms with Crippen LogP contribution in [0.25, 0.3) is 0 Å². The molecule has 0 unspecified atom stereocenters. The van der Waals surface area contributed by atoms with E-state index in [9.17, 15) is 0 Å². The highest BCUT2D eigenvalue weighted by molar-refractivity contribution is 6.42. The molecule has 1 saturated carbocycles. The molecule has 110 valence electrons. The molecule has 0 spiro atoms. The van der Waals surface area contributed by atoms with Crippen molar-refractivity contribution in [2.45, 2.75) is 37.6 Å². The lowest BCUT2D eigenvalue weighted by molar-refractivity contribution is 0.0109. The van der Waals surface area contributed by atoms with Crippen molar-refractivity contribution >= 4 is 23.2 Å². The van der Waals surface area contributed by atoms with Crippen molar-refractivity contribution in [2.75, 3.05) is 20.3 Å². The molecule has 0 amide bonds. The molecule has 2 aliphatic rings. The predicted octanol–water partition coefficient (Wildman–Crippen LogP) is 4.04. The van der Waals surface area contributed by atoms with E-state index in [4.69, 9.17) is 27.9 Å². The average molecular weight is 314 g/mol. The van der Waals surface area contributed by atoms with E-state index < -0.39 is 0 Å². The third-order valence-electron chi connectivity index (χ3n) is 5.39. The van der Waals surface area contributed by atoms with E-state index >= 15 is 0 Å². The Balaban J connectivity index is 2.07. The molecule has 1 saturated heterocycles. The first-order valence-electron chi connectivity index (χ1n) is 7.19. The molecule has 1 aliphatic carbocycles. The number of piperidine rings is 1. The number of benzene rings is 1. The zero-order valence-corrected chi connectivity index (χ0v) is 13.5. The molecule has 3 rings (SSSR count). The Kier molecular flexibility index (Phi) is 3.79. The number of rotatable bonds is 3. The van der Waals surface area contributed by atoms with Gasteiger partial charge in [-0.05, 0) is 37.0 Å². The van der Waals surface area contributed by atoms with Crippen molar-refractivity contribution in [1.82, 2.24) is 5.32 Å². The second kappa shape index (κ2) is 5.17. The van der Waals surface area contributed by atoms with Crippen molar-refractivity contribution in [3.05, 3.63) is 33.8 Å². The maximum Gasteiger partial charge on any atom is 0.0595 e. The van der Waals surface area contributed by atoms with Crippen LogP contribution in [0.1, 0.15) is 31.7 Å². The van der Waals surface area contributed by atoms with Gasteiger partial charge in [0.15, 0.2) is 0 Å². The second-order valence-electron chi connectivity index (χ2n) is 6.53. The highest BCUT2D eigenvalue weighted by atomic mass is 35.5. The maximum atomic E-state index is 6.26. The first-order valence-corrected chi connectivity index (χ1v) is 7.94. The first kappa shape index (κ1) is 14.6. The Labute approximate surface area is 130 Å². The smallest absolute Gasteiger partial charge is 0.0595 e. The van der Waals surface area contributed by atoms with E-state index in [0.717, 1.165) is 19.6 Å². The molecule has 3 atom stereocenters. The molecular formula is C16H21Cl2NO. The van der Waals surface area contributed by atoms with E-state index in [2.05, 4.69) is 24.4 Å². The fourth-order valence-electron chi connectivity index (χ4n) is 4.22. The molecule has 4 heteroatoms. The molecule has 1 N–H and O–H groups in total. The second-order valence-corrected chi connectivity index (χ2v) is 7.34. The van der Waals surface area contributed by atoms with E-state index in [-0.39, 0.29) is 10.8 Å². The lowest BCUT2D eigenvalue weighted by Crippen LogP contribution is -2.56. The van der Waals surface area contributed by atoms with E-state index in [1.807, 2.05) is 6.07 Å². The number of halogens is 2. The number of ether oxygens (including phenoxy) is 1. The zero-order valence-electron chi connectivity index (χ0n) is 12.0. The van der Waals surface area contributed by atoms with Crippen LogP contribution in [0.15, 0.2) is 18.2 Å². The standard InChI is InChI=1S/C16H21Cl2NO/c1-15(10-20-2)9-19-12-5-6-16(15,8-12)11-3-4-13(17)14(18)7-11/h3-4,7,12,19H,5-6,8-10H2,1-2H3/t12-,15+,16-/m1/s1. The number of methoxy groups -OCH3 is 1. The molecule has 2 bridgehead atoms. The molecule has 20 heavy (non-hydrogen) atoms. The number of hydrogen-bond donors (Lipinski definition) is 1. The van der Waals surface area contributed by atoms with Crippen molar-refractivity contribution in [1.29, 1.82) is 0 Å². The largest absolute Gasteiger partial charge is 0.384 e. The predicted molar refractivity (Wildman–Crippen MR) is 83.8 cm³/mol. The molecule has 0 aromatic heterocycles. The molecule has 2 nitrogen and oxygen atoms in total. The molecule has 0 radical (unpaired) electrons. The van der Waals surface area contributed by atoms with Crippen LogP contribution < -0.4 is 5.32 Å². The van der Waals surface area contributed by atoms with E-state index in [1.165, 1.54) is 18.4 Å². The monoisotopic (exact) mass is 313 g/mol. The van der Waals surface area contributed by atoms with Gasteiger partial charge in [-0.2, -0.15) is 0 Å². The normalized spacial score (nSPS) is 36.3. The van der Waals surface area contributed by atoms with Crippen LogP contribution in [0.4, 0.5) is 0 Å². The summed E-state index contributed by atoms with van der Waals surface area (Å²) in [7, 11) is 1.79. The zero-order chi connectivity index (χ0) is 14.4. The number of fused-ring (bicyclic) bond motifs is 2. The van der Waals surface area contributed by atoms with Crippen molar-refractivity contribution in [3.8, 4) is 0 Å². The van der Waals surface area contributed by atoms with Gasteiger partial charge in [0.05, 0.1) is 16.7 Å². The van der Waals surface area contributed by atoms with Crippen LogP contribution in [0, 0.1) is 5.41 Å². The van der Waals surface area contributed by atoms with Gasteiger partial charge >= 0.3 is 0 Å². The number of nitrogens with one attached hydrogen (secondary N) is 1. The summed E-state index contributed by atoms with van der Waals surface area (Å²) >= 11 is 12.3. The summed E-state index contributed by atoms with van der Waals surface area (Å²) in [5, 5.41) is 4.95. The van der Waals surface area contributed by atoms with Gasteiger partial charge in [0.1, 0.15) is 0 Å². The molecule has 1 aromatic rings. The highest BCUT2D eigenvalue weighted by Gasteiger charge is 2.56. The average Bonchev–Trinajstić information content (AvgIpc) is 2.81. The van der Waals surface area contributed by atoms with Crippen LogP contribution in [0.2, 0.25) is 10.0 Å².